The number of ether oxygens (including phenoxy) is 1. The highest BCUT2D eigenvalue weighted by Crippen LogP contribution is 2.16. The van der Waals surface area contributed by atoms with Crippen LogP contribution in [-0.2, 0) is 0 Å². The minimum absolute atomic E-state index is 0.0754. The molecule has 0 aliphatic heterocycles. The number of amides is 2. The normalized spacial score (nSPS) is 16.2. The number of urea groups is 1. The van der Waals surface area contributed by atoms with Crippen LogP contribution in [0.4, 0.5) is 4.79 Å². The zero-order valence-electron chi connectivity index (χ0n) is 11.9. The molecule has 2 N–H and O–H groups in total. The molecular formula is C16H24N2O2. The van der Waals surface area contributed by atoms with Crippen molar-refractivity contribution in [2.75, 3.05) is 13.2 Å². The molecule has 0 heterocycles. The summed E-state index contributed by atoms with van der Waals surface area (Å²) in [5.41, 5.74) is 0. The third kappa shape index (κ3) is 5.51. The first-order chi connectivity index (χ1) is 9.84. The summed E-state index contributed by atoms with van der Waals surface area (Å²) in [5.74, 6) is 0.832. The van der Waals surface area contributed by atoms with Crippen molar-refractivity contribution in [3.63, 3.8) is 0 Å². The van der Waals surface area contributed by atoms with Crippen molar-refractivity contribution in [2.24, 2.45) is 0 Å². The van der Waals surface area contributed by atoms with Gasteiger partial charge in [0.1, 0.15) is 12.4 Å². The molecule has 0 saturated heterocycles. The van der Waals surface area contributed by atoms with Gasteiger partial charge in [-0.3, -0.25) is 0 Å². The van der Waals surface area contributed by atoms with Gasteiger partial charge in [0.05, 0.1) is 6.54 Å². The van der Waals surface area contributed by atoms with Crippen LogP contribution in [0.15, 0.2) is 30.3 Å². The topological polar surface area (TPSA) is 50.4 Å². The van der Waals surface area contributed by atoms with Crippen molar-refractivity contribution in [1.29, 1.82) is 0 Å². The Bertz CT molecular complexity index is 387. The maximum atomic E-state index is 11.8. The number of rotatable bonds is 5. The summed E-state index contributed by atoms with van der Waals surface area (Å²) in [6.07, 6.45) is 7.25. The number of benzene rings is 1. The van der Waals surface area contributed by atoms with E-state index in [1.165, 1.54) is 25.7 Å². The molecule has 4 nitrogen and oxygen atoms in total. The first-order valence-corrected chi connectivity index (χ1v) is 7.57. The predicted octanol–water partition coefficient (Wildman–Crippen LogP) is 3.09. The molecule has 0 radical (unpaired) electrons. The molecule has 4 heteroatoms. The van der Waals surface area contributed by atoms with Crippen LogP contribution in [0.5, 0.6) is 5.75 Å². The summed E-state index contributed by atoms with van der Waals surface area (Å²) in [6.45, 7) is 1.01. The molecule has 110 valence electrons. The number of carbonyl (C=O) groups excluding carboxylic acids is 1. The lowest BCUT2D eigenvalue weighted by atomic mass is 10.1. The number of hydrogen-bond acceptors (Lipinski definition) is 2. The highest BCUT2D eigenvalue weighted by Gasteiger charge is 2.13. The van der Waals surface area contributed by atoms with Gasteiger partial charge in [0.25, 0.3) is 0 Å². The average Bonchev–Trinajstić information content (AvgIpc) is 2.73. The first kappa shape index (κ1) is 14.7. The molecule has 1 fully saturated rings. The first-order valence-electron chi connectivity index (χ1n) is 7.57. The van der Waals surface area contributed by atoms with Crippen LogP contribution in [0.2, 0.25) is 0 Å². The molecule has 1 saturated carbocycles. The van der Waals surface area contributed by atoms with E-state index in [0.717, 1.165) is 18.6 Å². The fourth-order valence-corrected chi connectivity index (χ4v) is 2.51. The maximum Gasteiger partial charge on any atom is 0.315 e. The van der Waals surface area contributed by atoms with Crippen LogP contribution >= 0.6 is 0 Å². The van der Waals surface area contributed by atoms with Gasteiger partial charge in [0, 0.05) is 6.04 Å². The largest absolute Gasteiger partial charge is 0.492 e. The van der Waals surface area contributed by atoms with E-state index in [2.05, 4.69) is 10.6 Å². The molecule has 2 rings (SSSR count). The summed E-state index contributed by atoms with van der Waals surface area (Å²) >= 11 is 0. The zero-order chi connectivity index (χ0) is 14.0. The molecule has 1 aliphatic rings. The van der Waals surface area contributed by atoms with E-state index in [1.54, 1.807) is 0 Å². The molecule has 1 aliphatic carbocycles. The van der Waals surface area contributed by atoms with Crippen molar-refractivity contribution < 1.29 is 9.53 Å². The molecule has 0 aromatic heterocycles. The lowest BCUT2D eigenvalue weighted by molar-refractivity contribution is 0.231. The van der Waals surface area contributed by atoms with Crippen molar-refractivity contribution in [3.05, 3.63) is 30.3 Å². The van der Waals surface area contributed by atoms with Crippen molar-refractivity contribution in [1.82, 2.24) is 10.6 Å². The molecule has 1 aromatic rings. The molecule has 0 bridgehead atoms. The van der Waals surface area contributed by atoms with Gasteiger partial charge in [-0.05, 0) is 25.0 Å². The van der Waals surface area contributed by atoms with Gasteiger partial charge < -0.3 is 15.4 Å². The van der Waals surface area contributed by atoms with E-state index in [4.69, 9.17) is 4.74 Å². The van der Waals surface area contributed by atoms with Crippen LogP contribution in [0.1, 0.15) is 38.5 Å². The summed E-state index contributed by atoms with van der Waals surface area (Å²) in [7, 11) is 0. The van der Waals surface area contributed by atoms with Gasteiger partial charge in [0.2, 0.25) is 0 Å². The molecule has 1 aromatic carbocycles. The van der Waals surface area contributed by atoms with E-state index in [-0.39, 0.29) is 6.03 Å². The highest BCUT2D eigenvalue weighted by atomic mass is 16.5. The van der Waals surface area contributed by atoms with Gasteiger partial charge in [-0.25, -0.2) is 4.79 Å². The monoisotopic (exact) mass is 276 g/mol. The third-order valence-corrected chi connectivity index (χ3v) is 3.59. The fourth-order valence-electron chi connectivity index (χ4n) is 2.51. The molecule has 2 amide bonds. The van der Waals surface area contributed by atoms with Crippen LogP contribution in [0, 0.1) is 0 Å². The smallest absolute Gasteiger partial charge is 0.315 e. The second kappa shape index (κ2) is 8.46. The molecule has 20 heavy (non-hydrogen) atoms. The minimum Gasteiger partial charge on any atom is -0.492 e. The molecular weight excluding hydrogens is 252 g/mol. The van der Waals surface area contributed by atoms with E-state index in [1.807, 2.05) is 30.3 Å². The Hall–Kier alpha value is -1.71. The Morgan fingerprint density at radius 3 is 2.50 bits per heavy atom. The summed E-state index contributed by atoms with van der Waals surface area (Å²) in [4.78, 5) is 11.8. The van der Waals surface area contributed by atoms with Gasteiger partial charge in [-0.2, -0.15) is 0 Å². The second-order valence-corrected chi connectivity index (χ2v) is 5.25. The standard InChI is InChI=1S/C16H24N2O2/c19-16(18-14-8-4-1-2-5-9-14)17-12-13-20-15-10-6-3-7-11-15/h3,6-7,10-11,14H,1-2,4-5,8-9,12-13H2,(H2,17,18,19). The van der Waals surface area contributed by atoms with Gasteiger partial charge in [-0.1, -0.05) is 43.9 Å². The van der Waals surface area contributed by atoms with Crippen LogP contribution < -0.4 is 15.4 Å². The van der Waals surface area contributed by atoms with Crippen molar-refractivity contribution in [2.45, 2.75) is 44.6 Å². The quantitative estimate of drug-likeness (QED) is 0.641. The predicted molar refractivity (Wildman–Crippen MR) is 80.0 cm³/mol. The van der Waals surface area contributed by atoms with Gasteiger partial charge in [0.15, 0.2) is 0 Å². The van der Waals surface area contributed by atoms with Crippen LogP contribution in [-0.4, -0.2) is 25.2 Å². The van der Waals surface area contributed by atoms with Crippen LogP contribution in [0.3, 0.4) is 0 Å². The van der Waals surface area contributed by atoms with Crippen molar-refractivity contribution in [3.8, 4) is 5.75 Å². The Kier molecular flexibility index (Phi) is 6.21. The number of nitrogens with one attached hydrogen (secondary N) is 2. The lowest BCUT2D eigenvalue weighted by Gasteiger charge is -2.16. The van der Waals surface area contributed by atoms with E-state index < -0.39 is 0 Å². The zero-order valence-corrected chi connectivity index (χ0v) is 11.9. The van der Waals surface area contributed by atoms with Gasteiger partial charge in [-0.15, -0.1) is 0 Å². The number of hydrogen-bond donors (Lipinski definition) is 2. The Balaban J connectivity index is 1.58. The van der Waals surface area contributed by atoms with E-state index in [9.17, 15) is 4.79 Å². The van der Waals surface area contributed by atoms with E-state index in [0.29, 0.717) is 19.2 Å². The second-order valence-electron chi connectivity index (χ2n) is 5.25. The van der Waals surface area contributed by atoms with Gasteiger partial charge >= 0.3 is 6.03 Å². The summed E-state index contributed by atoms with van der Waals surface area (Å²) < 4.78 is 5.52. The average molecular weight is 276 g/mol. The Labute approximate surface area is 120 Å². The maximum absolute atomic E-state index is 11.8. The molecule has 0 spiro atoms. The Morgan fingerprint density at radius 1 is 1.10 bits per heavy atom. The summed E-state index contributed by atoms with van der Waals surface area (Å²) in [6, 6.07) is 9.90. The Morgan fingerprint density at radius 2 is 1.80 bits per heavy atom. The number of carbonyl (C=O) groups is 1. The number of para-hydroxylation sites is 1. The van der Waals surface area contributed by atoms with Crippen LogP contribution in [0.25, 0.3) is 0 Å². The fraction of sp³-hybridized carbons (Fsp3) is 0.562. The lowest BCUT2D eigenvalue weighted by Crippen LogP contribution is -2.43. The molecule has 0 unspecified atom stereocenters. The third-order valence-electron chi connectivity index (χ3n) is 3.59. The minimum atomic E-state index is -0.0754. The highest BCUT2D eigenvalue weighted by molar-refractivity contribution is 5.74. The molecule has 0 atom stereocenters. The SMILES string of the molecule is O=C(NCCOc1ccccc1)NC1CCCCCC1. The summed E-state index contributed by atoms with van der Waals surface area (Å²) in [5, 5.41) is 5.90. The van der Waals surface area contributed by atoms with E-state index >= 15 is 0 Å². The van der Waals surface area contributed by atoms with Crippen molar-refractivity contribution >= 4 is 6.03 Å².